The Bertz CT molecular complexity index is 713. The summed E-state index contributed by atoms with van der Waals surface area (Å²) in [5.41, 5.74) is 1.14. The normalized spacial score (nSPS) is 20.9. The molecule has 124 valence electrons. The average Bonchev–Trinajstić information content (AvgIpc) is 3.19. The van der Waals surface area contributed by atoms with Gasteiger partial charge in [0.15, 0.2) is 5.69 Å². The van der Waals surface area contributed by atoms with E-state index in [0.717, 1.165) is 5.69 Å². The van der Waals surface area contributed by atoms with Crippen molar-refractivity contribution in [2.24, 2.45) is 7.05 Å². The van der Waals surface area contributed by atoms with Crippen molar-refractivity contribution in [2.45, 2.75) is 18.7 Å². The van der Waals surface area contributed by atoms with Crippen LogP contribution in [0, 0.1) is 0 Å². The van der Waals surface area contributed by atoms with Crippen LogP contribution < -0.4 is 0 Å². The van der Waals surface area contributed by atoms with Crippen molar-refractivity contribution in [3.05, 3.63) is 34.9 Å². The van der Waals surface area contributed by atoms with Gasteiger partial charge >= 0.3 is 0 Å². The van der Waals surface area contributed by atoms with Gasteiger partial charge in [-0.25, -0.2) is 4.68 Å². The minimum absolute atomic E-state index is 0.229. The number of carbonyl (C=O) groups is 1. The zero-order valence-electron chi connectivity index (χ0n) is 12.9. The van der Waals surface area contributed by atoms with E-state index in [4.69, 9.17) is 16.3 Å². The molecule has 9 heteroatoms. The van der Waals surface area contributed by atoms with E-state index in [0.29, 0.717) is 18.2 Å². The lowest BCUT2D eigenvalue weighted by molar-refractivity contribution is 0.0776. The van der Waals surface area contributed by atoms with Crippen LogP contribution in [0.4, 0.5) is 0 Å². The van der Waals surface area contributed by atoms with Crippen LogP contribution in [-0.2, 0) is 18.3 Å². The molecule has 0 aromatic carbocycles. The summed E-state index contributed by atoms with van der Waals surface area (Å²) in [6.45, 7) is 1.03. The van der Waals surface area contributed by atoms with Crippen LogP contribution in [0.2, 0.25) is 5.02 Å². The van der Waals surface area contributed by atoms with Gasteiger partial charge in [-0.3, -0.25) is 4.79 Å². The molecule has 0 spiro atoms. The van der Waals surface area contributed by atoms with E-state index in [-0.39, 0.29) is 24.2 Å². The summed E-state index contributed by atoms with van der Waals surface area (Å²) in [6.07, 6.45) is 2.69. The summed E-state index contributed by atoms with van der Waals surface area (Å²) in [6, 6.07) is 1.51. The third-order valence-corrected chi connectivity index (χ3v) is 4.12. The number of carbonyl (C=O) groups excluding carboxylic acids is 1. The Balaban J connectivity index is 1.70. The summed E-state index contributed by atoms with van der Waals surface area (Å²) < 4.78 is 8.54. The largest absolute Gasteiger partial charge is 0.388 e. The monoisotopic (exact) mass is 339 g/mol. The number of aryl methyl sites for hydroxylation is 1. The van der Waals surface area contributed by atoms with Crippen LogP contribution in [-0.4, -0.2) is 61.8 Å². The molecular formula is C14H18ClN5O3. The molecule has 1 saturated heterocycles. The number of halogens is 1. The summed E-state index contributed by atoms with van der Waals surface area (Å²) in [7, 11) is 3.56. The fraction of sp³-hybridized carbons (Fsp3) is 0.500. The molecule has 1 N–H and O–H groups in total. The van der Waals surface area contributed by atoms with Crippen molar-refractivity contribution < 1.29 is 14.6 Å². The molecule has 1 fully saturated rings. The molecule has 2 aromatic heterocycles. The highest BCUT2D eigenvalue weighted by Crippen LogP contribution is 2.19. The highest BCUT2D eigenvalue weighted by atomic mass is 35.5. The maximum atomic E-state index is 12.5. The van der Waals surface area contributed by atoms with Crippen molar-refractivity contribution in [3.8, 4) is 0 Å². The first-order chi connectivity index (χ1) is 11.0. The molecule has 1 aliphatic heterocycles. The first-order valence-electron chi connectivity index (χ1n) is 7.19. The predicted molar refractivity (Wildman–Crippen MR) is 82.1 cm³/mol. The van der Waals surface area contributed by atoms with Gasteiger partial charge in [-0.15, -0.1) is 5.10 Å². The number of aliphatic hydroxyl groups excluding tert-OH is 1. The fourth-order valence-electron chi connectivity index (χ4n) is 2.55. The van der Waals surface area contributed by atoms with Gasteiger partial charge in [-0.1, -0.05) is 16.8 Å². The first kappa shape index (κ1) is 16.0. The minimum atomic E-state index is -0.636. The maximum Gasteiger partial charge on any atom is 0.276 e. The van der Waals surface area contributed by atoms with Gasteiger partial charge in [-0.2, -0.15) is 0 Å². The Morgan fingerprint density at radius 2 is 2.30 bits per heavy atom. The van der Waals surface area contributed by atoms with Crippen LogP contribution >= 0.6 is 11.6 Å². The summed E-state index contributed by atoms with van der Waals surface area (Å²) in [5, 5.41) is 18.3. The number of amides is 1. The van der Waals surface area contributed by atoms with Gasteiger partial charge in [0.25, 0.3) is 5.91 Å². The number of hydrogen-bond acceptors (Lipinski definition) is 5. The lowest BCUT2D eigenvalue weighted by Crippen LogP contribution is -2.27. The summed E-state index contributed by atoms with van der Waals surface area (Å²) in [5.74, 6) is -0.248. The molecule has 2 atom stereocenters. The second kappa shape index (κ2) is 6.31. The van der Waals surface area contributed by atoms with Crippen LogP contribution in [0.25, 0.3) is 0 Å². The smallest absolute Gasteiger partial charge is 0.276 e. The number of rotatable bonds is 4. The number of aromatic nitrogens is 4. The van der Waals surface area contributed by atoms with Crippen molar-refractivity contribution in [1.82, 2.24) is 24.5 Å². The van der Waals surface area contributed by atoms with E-state index >= 15 is 0 Å². The summed E-state index contributed by atoms with van der Waals surface area (Å²) >= 11 is 5.95. The third kappa shape index (κ3) is 3.24. The molecule has 23 heavy (non-hydrogen) atoms. The minimum Gasteiger partial charge on any atom is -0.388 e. The highest BCUT2D eigenvalue weighted by molar-refractivity contribution is 6.30. The molecule has 1 aliphatic rings. The van der Waals surface area contributed by atoms with Crippen molar-refractivity contribution >= 4 is 17.5 Å². The zero-order chi connectivity index (χ0) is 16.6. The molecule has 3 rings (SSSR count). The molecular weight excluding hydrogens is 322 g/mol. The van der Waals surface area contributed by atoms with Gasteiger partial charge < -0.3 is 19.3 Å². The molecule has 0 aliphatic carbocycles. The van der Waals surface area contributed by atoms with Gasteiger partial charge in [0.2, 0.25) is 0 Å². The second-order valence-corrected chi connectivity index (χ2v) is 6.11. The number of ether oxygens (including phenoxy) is 1. The Labute approximate surface area is 138 Å². The third-order valence-electron chi connectivity index (χ3n) is 3.91. The van der Waals surface area contributed by atoms with Crippen molar-refractivity contribution in [3.63, 3.8) is 0 Å². The predicted octanol–water partition coefficient (Wildman–Crippen LogP) is 0.474. The van der Waals surface area contributed by atoms with Crippen LogP contribution in [0.1, 0.15) is 22.2 Å². The van der Waals surface area contributed by atoms with Crippen LogP contribution in [0.3, 0.4) is 0 Å². The Hall–Kier alpha value is -1.90. The van der Waals surface area contributed by atoms with E-state index in [1.165, 1.54) is 4.68 Å². The van der Waals surface area contributed by atoms with E-state index < -0.39 is 6.10 Å². The molecule has 8 nitrogen and oxygen atoms in total. The SMILES string of the molecule is CN(Cc1cc(Cl)cn1C)C(=O)c1cn([C@@H]2COC[C@H]2O)nn1. The topological polar surface area (TPSA) is 85.4 Å². The highest BCUT2D eigenvalue weighted by Gasteiger charge is 2.29. The molecule has 2 aromatic rings. The van der Waals surface area contributed by atoms with Gasteiger partial charge in [0.1, 0.15) is 12.1 Å². The van der Waals surface area contributed by atoms with Gasteiger partial charge in [-0.05, 0) is 6.07 Å². The van der Waals surface area contributed by atoms with E-state index in [2.05, 4.69) is 10.3 Å². The molecule has 0 bridgehead atoms. The first-order valence-corrected chi connectivity index (χ1v) is 7.57. The van der Waals surface area contributed by atoms with Gasteiger partial charge in [0, 0.05) is 26.0 Å². The molecule has 0 saturated carbocycles. The molecule has 1 amide bonds. The number of aliphatic hydroxyl groups is 1. The zero-order valence-corrected chi connectivity index (χ0v) is 13.6. The van der Waals surface area contributed by atoms with Crippen molar-refractivity contribution in [2.75, 3.05) is 20.3 Å². The average molecular weight is 340 g/mol. The maximum absolute atomic E-state index is 12.5. The van der Waals surface area contributed by atoms with Crippen LogP contribution in [0.15, 0.2) is 18.5 Å². The lowest BCUT2D eigenvalue weighted by atomic mass is 10.2. The van der Waals surface area contributed by atoms with E-state index in [1.54, 1.807) is 24.3 Å². The number of nitrogens with zero attached hydrogens (tertiary/aromatic N) is 5. The van der Waals surface area contributed by atoms with Gasteiger partial charge in [0.05, 0.1) is 31.0 Å². The molecule has 0 unspecified atom stereocenters. The fourth-order valence-corrected chi connectivity index (χ4v) is 2.83. The van der Waals surface area contributed by atoms with Crippen LogP contribution in [0.5, 0.6) is 0 Å². The number of hydrogen-bond donors (Lipinski definition) is 1. The second-order valence-electron chi connectivity index (χ2n) is 5.68. The lowest BCUT2D eigenvalue weighted by Gasteiger charge is -2.16. The Morgan fingerprint density at radius 1 is 1.52 bits per heavy atom. The quantitative estimate of drug-likeness (QED) is 0.875. The van der Waals surface area contributed by atoms with E-state index in [9.17, 15) is 9.90 Å². The summed E-state index contributed by atoms with van der Waals surface area (Å²) in [4.78, 5) is 14.0. The molecule has 3 heterocycles. The van der Waals surface area contributed by atoms with E-state index in [1.807, 2.05) is 17.7 Å². The Morgan fingerprint density at radius 3 is 2.91 bits per heavy atom. The Kier molecular flexibility index (Phi) is 4.38. The standard InChI is InChI=1S/C14H18ClN5O3/c1-18-4-9(15)3-10(18)5-19(2)14(22)11-6-20(17-16-11)12-7-23-8-13(12)21/h3-4,6,12-13,21H,5,7-8H2,1-2H3/t12-,13-/m1/s1. The van der Waals surface area contributed by atoms with Crippen molar-refractivity contribution in [1.29, 1.82) is 0 Å². The molecule has 0 radical (unpaired) electrons.